The number of hydrogen-bond acceptors (Lipinski definition) is 4. The Balaban J connectivity index is 1.64. The maximum absolute atomic E-state index is 13.9. The minimum absolute atomic E-state index is 0.268. The second-order valence-corrected chi connectivity index (χ2v) is 7.41. The average Bonchev–Trinajstić information content (AvgIpc) is 3.02. The van der Waals surface area contributed by atoms with Gasteiger partial charge in [0.05, 0.1) is 17.3 Å². The van der Waals surface area contributed by atoms with Crippen molar-refractivity contribution >= 4 is 28.8 Å². The monoisotopic (exact) mass is 404 g/mol. The Labute approximate surface area is 166 Å². The Morgan fingerprint density at radius 3 is 2.70 bits per heavy atom. The summed E-state index contributed by atoms with van der Waals surface area (Å²) in [4.78, 5) is 17.6. The molecule has 4 nitrogen and oxygen atoms in total. The van der Waals surface area contributed by atoms with Gasteiger partial charge >= 0.3 is 0 Å². The molecule has 0 saturated carbocycles. The van der Waals surface area contributed by atoms with Crippen LogP contribution in [0.4, 0.5) is 4.39 Å². The zero-order valence-electron chi connectivity index (χ0n) is 14.8. The number of aromatic nitrogens is 1. The number of benzene rings is 2. The van der Waals surface area contributed by atoms with Crippen molar-refractivity contribution in [3.8, 4) is 16.3 Å². The molecule has 0 unspecified atom stereocenters. The summed E-state index contributed by atoms with van der Waals surface area (Å²) in [7, 11) is 0. The van der Waals surface area contributed by atoms with Crippen molar-refractivity contribution in [2.45, 2.75) is 26.5 Å². The first-order valence-corrected chi connectivity index (χ1v) is 9.55. The molecule has 0 radical (unpaired) electrons. The molecule has 3 aromatic rings. The van der Waals surface area contributed by atoms with E-state index in [0.717, 1.165) is 10.6 Å². The Hall–Kier alpha value is -2.44. The highest BCUT2D eigenvalue weighted by molar-refractivity contribution is 7.15. The quantitative estimate of drug-likeness (QED) is 0.629. The number of nitrogens with zero attached hydrogens (tertiary/aromatic N) is 1. The summed E-state index contributed by atoms with van der Waals surface area (Å²) in [6, 6.07) is 13.5. The molecule has 0 aliphatic heterocycles. The fourth-order valence-corrected chi connectivity index (χ4v) is 3.65. The highest BCUT2D eigenvalue weighted by Crippen LogP contribution is 2.29. The van der Waals surface area contributed by atoms with Crippen molar-refractivity contribution in [1.82, 2.24) is 10.3 Å². The van der Waals surface area contributed by atoms with Gasteiger partial charge in [-0.05, 0) is 38.1 Å². The Kier molecular flexibility index (Phi) is 6.08. The Morgan fingerprint density at radius 1 is 1.26 bits per heavy atom. The van der Waals surface area contributed by atoms with Crippen molar-refractivity contribution in [3.63, 3.8) is 0 Å². The summed E-state index contributed by atoms with van der Waals surface area (Å²) in [6.07, 6.45) is -0.704. The highest BCUT2D eigenvalue weighted by Gasteiger charge is 2.18. The number of rotatable bonds is 6. The SMILES string of the molecule is Cc1nc(-c2ccccc2F)sc1CNC(=O)[C@@H](C)Oc1ccccc1Cl. The van der Waals surface area contributed by atoms with Crippen LogP contribution in [0.25, 0.3) is 10.6 Å². The molecule has 0 saturated heterocycles. The molecule has 1 amide bonds. The van der Waals surface area contributed by atoms with Crippen LogP contribution in [0.3, 0.4) is 0 Å². The van der Waals surface area contributed by atoms with E-state index in [1.807, 2.05) is 6.92 Å². The lowest BCUT2D eigenvalue weighted by Gasteiger charge is -2.15. The Morgan fingerprint density at radius 2 is 1.96 bits per heavy atom. The zero-order valence-corrected chi connectivity index (χ0v) is 16.4. The number of ether oxygens (including phenoxy) is 1. The molecule has 1 aromatic heterocycles. The van der Waals surface area contributed by atoms with Gasteiger partial charge in [0.25, 0.3) is 5.91 Å². The highest BCUT2D eigenvalue weighted by atomic mass is 35.5. The van der Waals surface area contributed by atoms with E-state index in [2.05, 4.69) is 10.3 Å². The van der Waals surface area contributed by atoms with E-state index in [0.29, 0.717) is 27.9 Å². The molecule has 140 valence electrons. The van der Waals surface area contributed by atoms with Crippen LogP contribution in [0.2, 0.25) is 5.02 Å². The molecule has 1 N–H and O–H groups in total. The van der Waals surface area contributed by atoms with E-state index < -0.39 is 6.10 Å². The topological polar surface area (TPSA) is 51.2 Å². The first-order chi connectivity index (χ1) is 13.0. The van der Waals surface area contributed by atoms with E-state index in [4.69, 9.17) is 16.3 Å². The number of nitrogens with one attached hydrogen (secondary N) is 1. The molecule has 0 aliphatic rings. The van der Waals surface area contributed by atoms with E-state index in [-0.39, 0.29) is 11.7 Å². The number of thiazole rings is 1. The van der Waals surface area contributed by atoms with Gasteiger partial charge < -0.3 is 10.1 Å². The minimum Gasteiger partial charge on any atom is -0.479 e. The van der Waals surface area contributed by atoms with Crippen LogP contribution in [-0.4, -0.2) is 17.0 Å². The molecule has 0 aliphatic carbocycles. The molecule has 0 bridgehead atoms. The third-order valence-electron chi connectivity index (χ3n) is 3.93. The zero-order chi connectivity index (χ0) is 19.4. The van der Waals surface area contributed by atoms with Gasteiger partial charge in [0, 0.05) is 10.4 Å². The van der Waals surface area contributed by atoms with Gasteiger partial charge in [0.1, 0.15) is 16.6 Å². The fourth-order valence-electron chi connectivity index (χ4n) is 2.44. The molecule has 3 rings (SSSR count). The van der Waals surface area contributed by atoms with Gasteiger partial charge in [-0.2, -0.15) is 0 Å². The van der Waals surface area contributed by atoms with E-state index >= 15 is 0 Å². The van der Waals surface area contributed by atoms with Crippen molar-refractivity contribution in [2.24, 2.45) is 0 Å². The first-order valence-electron chi connectivity index (χ1n) is 8.36. The van der Waals surface area contributed by atoms with Gasteiger partial charge in [0.2, 0.25) is 0 Å². The van der Waals surface area contributed by atoms with Gasteiger partial charge in [-0.3, -0.25) is 4.79 Å². The number of carbonyl (C=O) groups is 1. The van der Waals surface area contributed by atoms with Crippen molar-refractivity contribution in [2.75, 3.05) is 0 Å². The van der Waals surface area contributed by atoms with Crippen LogP contribution in [0.15, 0.2) is 48.5 Å². The third-order valence-corrected chi connectivity index (χ3v) is 5.43. The molecule has 27 heavy (non-hydrogen) atoms. The maximum Gasteiger partial charge on any atom is 0.261 e. The number of para-hydroxylation sites is 1. The first kappa shape index (κ1) is 19.3. The van der Waals surface area contributed by atoms with Gasteiger partial charge in [0.15, 0.2) is 6.10 Å². The standard InChI is InChI=1S/C20H18ClFN2O2S/c1-12-18(27-20(24-12)14-7-3-5-9-16(14)22)11-23-19(25)13(2)26-17-10-6-4-8-15(17)21/h3-10,13H,11H2,1-2H3,(H,23,25)/t13-/m1/s1. The molecule has 2 aromatic carbocycles. The third kappa shape index (κ3) is 4.64. The van der Waals surface area contributed by atoms with Crippen LogP contribution < -0.4 is 10.1 Å². The van der Waals surface area contributed by atoms with E-state index in [1.54, 1.807) is 49.4 Å². The molecule has 0 fully saturated rings. The smallest absolute Gasteiger partial charge is 0.261 e. The second kappa shape index (κ2) is 8.50. The number of hydrogen-bond donors (Lipinski definition) is 1. The van der Waals surface area contributed by atoms with Crippen LogP contribution >= 0.6 is 22.9 Å². The lowest BCUT2D eigenvalue weighted by molar-refractivity contribution is -0.127. The maximum atomic E-state index is 13.9. The summed E-state index contributed by atoms with van der Waals surface area (Å²) >= 11 is 7.41. The fraction of sp³-hybridized carbons (Fsp3) is 0.200. The predicted octanol–water partition coefficient (Wildman–Crippen LogP) is 4.99. The number of carbonyl (C=O) groups excluding carboxylic acids is 1. The molecular formula is C20H18ClFN2O2S. The van der Waals surface area contributed by atoms with Crippen LogP contribution in [-0.2, 0) is 11.3 Å². The summed E-state index contributed by atoms with van der Waals surface area (Å²) in [5, 5.41) is 3.87. The number of halogens is 2. The Bertz CT molecular complexity index is 961. The molecule has 0 spiro atoms. The molecule has 1 atom stereocenters. The summed E-state index contributed by atoms with van der Waals surface area (Å²) < 4.78 is 19.6. The van der Waals surface area contributed by atoms with Gasteiger partial charge in [-0.1, -0.05) is 35.9 Å². The molecule has 7 heteroatoms. The lowest BCUT2D eigenvalue weighted by Crippen LogP contribution is -2.35. The van der Waals surface area contributed by atoms with Gasteiger partial charge in [-0.15, -0.1) is 11.3 Å². The van der Waals surface area contributed by atoms with E-state index in [1.165, 1.54) is 17.4 Å². The summed E-state index contributed by atoms with van der Waals surface area (Å²) in [5.41, 5.74) is 1.22. The predicted molar refractivity (Wildman–Crippen MR) is 106 cm³/mol. The van der Waals surface area contributed by atoms with Crippen LogP contribution in [0.5, 0.6) is 5.75 Å². The second-order valence-electron chi connectivity index (χ2n) is 5.92. The average molecular weight is 405 g/mol. The van der Waals surface area contributed by atoms with Crippen LogP contribution in [0, 0.1) is 12.7 Å². The van der Waals surface area contributed by atoms with Crippen molar-refractivity contribution < 1.29 is 13.9 Å². The lowest BCUT2D eigenvalue weighted by atomic mass is 10.2. The minimum atomic E-state index is -0.704. The largest absolute Gasteiger partial charge is 0.479 e. The summed E-state index contributed by atoms with van der Waals surface area (Å²) in [5.74, 6) is -0.128. The molecule has 1 heterocycles. The normalized spacial score (nSPS) is 11.9. The van der Waals surface area contributed by atoms with Crippen molar-refractivity contribution in [1.29, 1.82) is 0 Å². The van der Waals surface area contributed by atoms with E-state index in [9.17, 15) is 9.18 Å². The van der Waals surface area contributed by atoms with Gasteiger partial charge in [-0.25, -0.2) is 9.37 Å². The van der Waals surface area contributed by atoms with Crippen molar-refractivity contribution in [3.05, 3.63) is 69.9 Å². The number of aryl methyl sites for hydroxylation is 1. The number of amides is 1. The summed E-state index contributed by atoms with van der Waals surface area (Å²) in [6.45, 7) is 3.79. The molecular weight excluding hydrogens is 387 g/mol. The van der Waals surface area contributed by atoms with Crippen LogP contribution in [0.1, 0.15) is 17.5 Å².